The van der Waals surface area contributed by atoms with Crippen LogP contribution in [-0.2, 0) is 9.59 Å². The molecule has 2 heterocycles. The van der Waals surface area contributed by atoms with Gasteiger partial charge in [-0.15, -0.1) is 0 Å². The first kappa shape index (κ1) is 16.7. The van der Waals surface area contributed by atoms with E-state index >= 15 is 0 Å². The van der Waals surface area contributed by atoms with Crippen molar-refractivity contribution in [3.63, 3.8) is 0 Å². The molecule has 2 aliphatic heterocycles. The van der Waals surface area contributed by atoms with Crippen molar-refractivity contribution in [1.82, 2.24) is 14.7 Å². The summed E-state index contributed by atoms with van der Waals surface area (Å²) in [6, 6.07) is 5.99. The lowest BCUT2D eigenvalue weighted by molar-refractivity contribution is -0.137. The van der Waals surface area contributed by atoms with Crippen molar-refractivity contribution in [3.8, 4) is 0 Å². The van der Waals surface area contributed by atoms with E-state index in [2.05, 4.69) is 23.8 Å². The Bertz CT molecular complexity index is 715. The Balaban J connectivity index is 2.09. The van der Waals surface area contributed by atoms with Gasteiger partial charge in [0.05, 0.1) is 5.57 Å². The molecule has 5 heteroatoms. The normalized spacial score (nSPS) is 19.7. The summed E-state index contributed by atoms with van der Waals surface area (Å²) in [7, 11) is 2.08. The molecule has 0 spiro atoms. The van der Waals surface area contributed by atoms with Crippen LogP contribution in [0.3, 0.4) is 0 Å². The molecule has 2 amide bonds. The van der Waals surface area contributed by atoms with E-state index in [0.29, 0.717) is 17.8 Å². The summed E-state index contributed by atoms with van der Waals surface area (Å²) in [6.07, 6.45) is 0. The molecule has 0 radical (unpaired) electrons. The fourth-order valence-corrected chi connectivity index (χ4v) is 3.33. The third-order valence-corrected chi connectivity index (χ3v) is 5.07. The molecular weight excluding hydrogens is 302 g/mol. The largest absolute Gasteiger partial charge is 0.364 e. The Kier molecular flexibility index (Phi) is 4.45. The predicted octanol–water partition coefficient (Wildman–Crippen LogP) is 1.65. The molecule has 24 heavy (non-hydrogen) atoms. The van der Waals surface area contributed by atoms with Gasteiger partial charge in [0, 0.05) is 32.7 Å². The predicted molar refractivity (Wildman–Crippen MR) is 94.3 cm³/mol. The molecule has 0 atom stereocenters. The van der Waals surface area contributed by atoms with E-state index in [9.17, 15) is 9.59 Å². The van der Waals surface area contributed by atoms with Gasteiger partial charge in [-0.25, -0.2) is 0 Å². The standard InChI is InChI=1S/C19H25N3O2/c1-5-22-18(23)16(15-7-6-13(2)14(3)12-15)17(19(22)24)21-10-8-20(4)9-11-21/h6-7,12H,5,8-11H2,1-4H3. The van der Waals surface area contributed by atoms with E-state index in [1.807, 2.05) is 32.0 Å². The Morgan fingerprint density at radius 1 is 0.958 bits per heavy atom. The molecular formula is C19H25N3O2. The lowest BCUT2D eigenvalue weighted by Crippen LogP contribution is -2.46. The van der Waals surface area contributed by atoms with E-state index in [1.54, 1.807) is 0 Å². The highest BCUT2D eigenvalue weighted by atomic mass is 16.2. The molecule has 1 fully saturated rings. The van der Waals surface area contributed by atoms with Crippen molar-refractivity contribution < 1.29 is 9.59 Å². The van der Waals surface area contributed by atoms with Crippen LogP contribution < -0.4 is 0 Å². The lowest BCUT2D eigenvalue weighted by Gasteiger charge is -2.34. The molecule has 2 aliphatic rings. The van der Waals surface area contributed by atoms with Gasteiger partial charge in [-0.3, -0.25) is 14.5 Å². The molecule has 1 aromatic carbocycles. The van der Waals surface area contributed by atoms with Crippen molar-refractivity contribution in [3.05, 3.63) is 40.6 Å². The van der Waals surface area contributed by atoms with E-state index in [0.717, 1.165) is 37.3 Å². The molecule has 3 rings (SSSR count). The Morgan fingerprint density at radius 2 is 1.62 bits per heavy atom. The van der Waals surface area contributed by atoms with Crippen LogP contribution in [0.4, 0.5) is 0 Å². The number of carbonyl (C=O) groups is 2. The van der Waals surface area contributed by atoms with Gasteiger partial charge >= 0.3 is 0 Å². The van der Waals surface area contributed by atoms with Crippen LogP contribution in [0.5, 0.6) is 0 Å². The number of imide groups is 1. The minimum Gasteiger partial charge on any atom is -0.364 e. The molecule has 0 saturated carbocycles. The van der Waals surface area contributed by atoms with Gasteiger partial charge in [0.25, 0.3) is 11.8 Å². The molecule has 0 bridgehead atoms. The van der Waals surface area contributed by atoms with Crippen LogP contribution in [0.25, 0.3) is 5.57 Å². The number of hydrogen-bond acceptors (Lipinski definition) is 4. The second kappa shape index (κ2) is 6.40. The first-order valence-corrected chi connectivity index (χ1v) is 8.55. The second-order valence-corrected chi connectivity index (χ2v) is 6.67. The van der Waals surface area contributed by atoms with Gasteiger partial charge in [0.1, 0.15) is 5.70 Å². The number of nitrogens with zero attached hydrogens (tertiary/aromatic N) is 3. The number of aryl methyl sites for hydroxylation is 2. The van der Waals surface area contributed by atoms with Crippen molar-refractivity contribution in [2.24, 2.45) is 0 Å². The number of likely N-dealkylation sites (N-methyl/N-ethyl adjacent to an activating group) is 2. The van der Waals surface area contributed by atoms with Crippen LogP contribution in [-0.4, -0.2) is 66.3 Å². The van der Waals surface area contributed by atoms with E-state index < -0.39 is 0 Å². The van der Waals surface area contributed by atoms with Crippen molar-refractivity contribution >= 4 is 17.4 Å². The number of hydrogen-bond donors (Lipinski definition) is 0. The highest BCUT2D eigenvalue weighted by Crippen LogP contribution is 2.32. The third kappa shape index (κ3) is 2.73. The highest BCUT2D eigenvalue weighted by Gasteiger charge is 2.41. The van der Waals surface area contributed by atoms with Gasteiger partial charge in [-0.05, 0) is 44.5 Å². The number of carbonyl (C=O) groups excluding carboxylic acids is 2. The summed E-state index contributed by atoms with van der Waals surface area (Å²) in [5.74, 6) is -0.319. The summed E-state index contributed by atoms with van der Waals surface area (Å²) in [6.45, 7) is 9.69. The second-order valence-electron chi connectivity index (χ2n) is 6.67. The molecule has 0 N–H and O–H groups in total. The zero-order valence-electron chi connectivity index (χ0n) is 14.9. The first-order chi connectivity index (χ1) is 11.4. The van der Waals surface area contributed by atoms with Gasteiger partial charge in [-0.1, -0.05) is 18.2 Å². The van der Waals surface area contributed by atoms with Gasteiger partial charge in [0.15, 0.2) is 0 Å². The molecule has 0 aromatic heterocycles. The molecule has 5 nitrogen and oxygen atoms in total. The van der Waals surface area contributed by atoms with E-state index in [1.165, 1.54) is 10.5 Å². The zero-order valence-corrected chi connectivity index (χ0v) is 14.9. The minimum absolute atomic E-state index is 0.153. The van der Waals surface area contributed by atoms with Crippen LogP contribution in [0.1, 0.15) is 23.6 Å². The number of rotatable bonds is 3. The smallest absolute Gasteiger partial charge is 0.277 e. The Hall–Kier alpha value is -2.14. The van der Waals surface area contributed by atoms with Gasteiger partial charge in [0.2, 0.25) is 0 Å². The van der Waals surface area contributed by atoms with Crippen LogP contribution in [0, 0.1) is 13.8 Å². The average molecular weight is 327 g/mol. The molecule has 1 saturated heterocycles. The summed E-state index contributed by atoms with van der Waals surface area (Å²) < 4.78 is 0. The molecule has 0 unspecified atom stereocenters. The lowest BCUT2D eigenvalue weighted by atomic mass is 9.99. The van der Waals surface area contributed by atoms with Crippen LogP contribution in [0.2, 0.25) is 0 Å². The number of piperazine rings is 1. The molecule has 128 valence electrons. The van der Waals surface area contributed by atoms with Gasteiger partial charge < -0.3 is 9.80 Å². The van der Waals surface area contributed by atoms with Crippen LogP contribution in [0.15, 0.2) is 23.9 Å². The maximum Gasteiger partial charge on any atom is 0.277 e. The van der Waals surface area contributed by atoms with Crippen molar-refractivity contribution in [2.45, 2.75) is 20.8 Å². The average Bonchev–Trinajstić information content (AvgIpc) is 2.81. The summed E-state index contributed by atoms with van der Waals surface area (Å²) in [5.41, 5.74) is 4.31. The van der Waals surface area contributed by atoms with E-state index in [4.69, 9.17) is 0 Å². The SMILES string of the molecule is CCN1C(=O)C(c2ccc(C)c(C)c2)=C(N2CCN(C)CC2)C1=O. The molecule has 0 aliphatic carbocycles. The number of benzene rings is 1. The fraction of sp³-hybridized carbons (Fsp3) is 0.474. The maximum atomic E-state index is 12.9. The topological polar surface area (TPSA) is 43.9 Å². The molecule has 1 aromatic rings. The maximum absolute atomic E-state index is 12.9. The highest BCUT2D eigenvalue weighted by molar-refractivity contribution is 6.35. The fourth-order valence-electron chi connectivity index (χ4n) is 3.33. The van der Waals surface area contributed by atoms with E-state index in [-0.39, 0.29) is 11.8 Å². The summed E-state index contributed by atoms with van der Waals surface area (Å²) in [4.78, 5) is 31.4. The Morgan fingerprint density at radius 3 is 2.21 bits per heavy atom. The summed E-state index contributed by atoms with van der Waals surface area (Å²) in [5, 5.41) is 0. The summed E-state index contributed by atoms with van der Waals surface area (Å²) >= 11 is 0. The quantitative estimate of drug-likeness (QED) is 0.792. The minimum atomic E-state index is -0.167. The van der Waals surface area contributed by atoms with Gasteiger partial charge in [-0.2, -0.15) is 0 Å². The first-order valence-electron chi connectivity index (χ1n) is 8.55. The van der Waals surface area contributed by atoms with Crippen molar-refractivity contribution in [1.29, 1.82) is 0 Å². The van der Waals surface area contributed by atoms with Crippen molar-refractivity contribution in [2.75, 3.05) is 39.8 Å². The Labute approximate surface area is 143 Å². The monoisotopic (exact) mass is 327 g/mol. The zero-order chi connectivity index (χ0) is 17.4. The third-order valence-electron chi connectivity index (χ3n) is 5.07. The van der Waals surface area contributed by atoms with Crippen LogP contribution >= 0.6 is 0 Å². The number of amides is 2.